The van der Waals surface area contributed by atoms with E-state index in [1.807, 2.05) is 32.9 Å². The van der Waals surface area contributed by atoms with E-state index in [9.17, 15) is 8.42 Å². The smallest absolute Gasteiger partial charge is 0.256 e. The number of hydrogen-bond donors (Lipinski definition) is 1. The molecule has 1 aromatic carbocycles. The number of nitrogens with zero attached hydrogens (tertiary/aromatic N) is 1. The molecule has 1 fully saturated rings. The van der Waals surface area contributed by atoms with Gasteiger partial charge in [0.15, 0.2) is 0 Å². The van der Waals surface area contributed by atoms with Crippen LogP contribution in [-0.2, 0) is 10.2 Å². The van der Waals surface area contributed by atoms with Crippen LogP contribution in [0.3, 0.4) is 0 Å². The second kappa shape index (κ2) is 3.75. The normalized spacial score (nSPS) is 19.1. The Kier molecular flexibility index (Phi) is 2.67. The zero-order valence-electron chi connectivity index (χ0n) is 9.74. The minimum atomic E-state index is -3.31. The van der Waals surface area contributed by atoms with Gasteiger partial charge in [-0.3, -0.25) is 4.31 Å². The summed E-state index contributed by atoms with van der Waals surface area (Å²) in [5, 5.41) is 0. The molecular weight excluding hydrogens is 224 g/mol. The lowest BCUT2D eigenvalue weighted by Crippen LogP contribution is -2.30. The molecule has 1 aromatic rings. The largest absolute Gasteiger partial charge is 0.301 e. The molecule has 88 valence electrons. The third kappa shape index (κ3) is 1.81. The average molecular weight is 240 g/mol. The highest BCUT2D eigenvalue weighted by atomic mass is 32.2. The van der Waals surface area contributed by atoms with Crippen molar-refractivity contribution in [2.45, 2.75) is 20.8 Å². The molecule has 0 amide bonds. The number of rotatable bonds is 1. The lowest BCUT2D eigenvalue weighted by Gasteiger charge is -2.21. The summed E-state index contributed by atoms with van der Waals surface area (Å²) in [7, 11) is -3.31. The van der Waals surface area contributed by atoms with Crippen LogP contribution in [0.15, 0.2) is 12.1 Å². The number of hydrogen-bond acceptors (Lipinski definition) is 2. The maximum absolute atomic E-state index is 11.8. The molecule has 1 N–H and O–H groups in total. The van der Waals surface area contributed by atoms with Crippen molar-refractivity contribution in [1.82, 2.24) is 4.72 Å². The van der Waals surface area contributed by atoms with Crippen molar-refractivity contribution >= 4 is 15.9 Å². The molecule has 2 rings (SSSR count). The number of benzene rings is 1. The molecule has 0 bridgehead atoms. The standard InChI is InChI=1S/C11H16N2O2S/c1-8-6-9(2)11(10(3)7-8)13-5-4-12-16(13,14)15/h6-7,12H,4-5H2,1-3H3. The maximum atomic E-state index is 11.8. The molecule has 0 atom stereocenters. The Hall–Kier alpha value is -1.07. The Morgan fingerprint density at radius 1 is 1.19 bits per heavy atom. The maximum Gasteiger partial charge on any atom is 0.301 e. The van der Waals surface area contributed by atoms with E-state index in [1.165, 1.54) is 4.31 Å². The van der Waals surface area contributed by atoms with E-state index in [-0.39, 0.29) is 0 Å². The summed E-state index contributed by atoms with van der Waals surface area (Å²) in [5.74, 6) is 0. The molecule has 4 nitrogen and oxygen atoms in total. The van der Waals surface area contributed by atoms with Gasteiger partial charge in [0.05, 0.1) is 5.69 Å². The Morgan fingerprint density at radius 2 is 1.75 bits per heavy atom. The first-order chi connectivity index (χ1) is 7.42. The van der Waals surface area contributed by atoms with Gasteiger partial charge in [-0.05, 0) is 31.9 Å². The fourth-order valence-electron chi connectivity index (χ4n) is 2.27. The fourth-order valence-corrected chi connectivity index (χ4v) is 3.64. The van der Waals surface area contributed by atoms with Gasteiger partial charge in [0.2, 0.25) is 0 Å². The van der Waals surface area contributed by atoms with Gasteiger partial charge in [-0.1, -0.05) is 17.7 Å². The Labute approximate surface area is 96.5 Å². The molecule has 0 saturated carbocycles. The first-order valence-corrected chi connectivity index (χ1v) is 6.71. The Balaban J connectivity index is 2.57. The van der Waals surface area contributed by atoms with E-state index in [4.69, 9.17) is 0 Å². The topological polar surface area (TPSA) is 49.4 Å². The number of aryl methyl sites for hydroxylation is 3. The minimum Gasteiger partial charge on any atom is -0.256 e. The predicted octanol–water partition coefficient (Wildman–Crippen LogP) is 1.27. The lowest BCUT2D eigenvalue weighted by molar-refractivity contribution is 0.591. The van der Waals surface area contributed by atoms with E-state index in [2.05, 4.69) is 4.72 Å². The summed E-state index contributed by atoms with van der Waals surface area (Å²) in [6, 6.07) is 4.02. The summed E-state index contributed by atoms with van der Waals surface area (Å²) in [6.45, 7) is 6.90. The van der Waals surface area contributed by atoms with Crippen LogP contribution >= 0.6 is 0 Å². The van der Waals surface area contributed by atoms with E-state index < -0.39 is 10.2 Å². The first-order valence-electron chi connectivity index (χ1n) is 5.27. The summed E-state index contributed by atoms with van der Waals surface area (Å²) in [4.78, 5) is 0. The molecule has 1 saturated heterocycles. The van der Waals surface area contributed by atoms with Crippen LogP contribution in [0.5, 0.6) is 0 Å². The molecule has 1 heterocycles. The van der Waals surface area contributed by atoms with Crippen LogP contribution < -0.4 is 9.03 Å². The highest BCUT2D eigenvalue weighted by molar-refractivity contribution is 7.91. The van der Waals surface area contributed by atoms with Crippen molar-refractivity contribution in [3.63, 3.8) is 0 Å². The van der Waals surface area contributed by atoms with Gasteiger partial charge in [0.25, 0.3) is 0 Å². The van der Waals surface area contributed by atoms with Gasteiger partial charge in [-0.15, -0.1) is 0 Å². The second-order valence-electron chi connectivity index (χ2n) is 4.22. The average Bonchev–Trinajstić information content (AvgIpc) is 2.44. The zero-order chi connectivity index (χ0) is 11.9. The number of nitrogens with one attached hydrogen (secondary N) is 1. The van der Waals surface area contributed by atoms with Crippen molar-refractivity contribution in [2.24, 2.45) is 0 Å². The van der Waals surface area contributed by atoms with Gasteiger partial charge in [-0.2, -0.15) is 13.1 Å². The highest BCUT2D eigenvalue weighted by Crippen LogP contribution is 2.29. The monoisotopic (exact) mass is 240 g/mol. The zero-order valence-corrected chi connectivity index (χ0v) is 10.6. The summed E-state index contributed by atoms with van der Waals surface area (Å²) < 4.78 is 27.5. The minimum absolute atomic E-state index is 0.481. The SMILES string of the molecule is Cc1cc(C)c(N2CCNS2(=O)=O)c(C)c1. The molecule has 5 heteroatoms. The van der Waals surface area contributed by atoms with Crippen LogP contribution in [0.4, 0.5) is 5.69 Å². The molecule has 16 heavy (non-hydrogen) atoms. The Bertz CT molecular complexity index is 500. The molecular formula is C11H16N2O2S. The van der Waals surface area contributed by atoms with Crippen LogP contribution in [-0.4, -0.2) is 21.5 Å². The molecule has 1 aliphatic rings. The van der Waals surface area contributed by atoms with E-state index in [1.54, 1.807) is 0 Å². The molecule has 0 aliphatic carbocycles. The van der Waals surface area contributed by atoms with Crippen molar-refractivity contribution in [1.29, 1.82) is 0 Å². The second-order valence-corrected chi connectivity index (χ2v) is 5.90. The molecule has 0 aromatic heterocycles. The van der Waals surface area contributed by atoms with Crippen LogP contribution in [0.1, 0.15) is 16.7 Å². The van der Waals surface area contributed by atoms with E-state index in [0.717, 1.165) is 22.4 Å². The third-order valence-corrected chi connectivity index (χ3v) is 4.29. The highest BCUT2D eigenvalue weighted by Gasteiger charge is 2.29. The van der Waals surface area contributed by atoms with Gasteiger partial charge in [-0.25, -0.2) is 0 Å². The van der Waals surface area contributed by atoms with Gasteiger partial charge >= 0.3 is 10.2 Å². The summed E-state index contributed by atoms with van der Waals surface area (Å²) in [6.07, 6.45) is 0. The van der Waals surface area contributed by atoms with E-state index in [0.29, 0.717) is 13.1 Å². The lowest BCUT2D eigenvalue weighted by atomic mass is 10.1. The van der Waals surface area contributed by atoms with Crippen molar-refractivity contribution in [3.8, 4) is 0 Å². The van der Waals surface area contributed by atoms with Crippen LogP contribution in [0, 0.1) is 20.8 Å². The van der Waals surface area contributed by atoms with E-state index >= 15 is 0 Å². The summed E-state index contributed by atoms with van der Waals surface area (Å²) in [5.41, 5.74) is 3.98. The van der Waals surface area contributed by atoms with Crippen molar-refractivity contribution in [3.05, 3.63) is 28.8 Å². The molecule has 0 radical (unpaired) electrons. The first kappa shape index (κ1) is 11.4. The third-order valence-electron chi connectivity index (χ3n) is 2.77. The quantitative estimate of drug-likeness (QED) is 0.803. The number of anilines is 1. The Morgan fingerprint density at radius 3 is 2.19 bits per heavy atom. The van der Waals surface area contributed by atoms with Gasteiger partial charge in [0, 0.05) is 13.1 Å². The summed E-state index contributed by atoms with van der Waals surface area (Å²) >= 11 is 0. The van der Waals surface area contributed by atoms with Crippen molar-refractivity contribution in [2.75, 3.05) is 17.4 Å². The molecule has 0 spiro atoms. The van der Waals surface area contributed by atoms with Crippen LogP contribution in [0.2, 0.25) is 0 Å². The van der Waals surface area contributed by atoms with Crippen molar-refractivity contribution < 1.29 is 8.42 Å². The van der Waals surface area contributed by atoms with Gasteiger partial charge < -0.3 is 0 Å². The van der Waals surface area contributed by atoms with Crippen LogP contribution in [0.25, 0.3) is 0 Å². The van der Waals surface area contributed by atoms with Gasteiger partial charge in [0.1, 0.15) is 0 Å². The predicted molar refractivity (Wildman–Crippen MR) is 64.9 cm³/mol. The molecule has 1 aliphatic heterocycles. The molecule has 0 unspecified atom stereocenters. The fraction of sp³-hybridized carbons (Fsp3) is 0.455.